The minimum Gasteiger partial charge on any atom is -0.459 e. The van der Waals surface area contributed by atoms with E-state index in [0.717, 1.165) is 37.9 Å². The van der Waals surface area contributed by atoms with Gasteiger partial charge in [-0.05, 0) is 60.1 Å². The van der Waals surface area contributed by atoms with E-state index in [2.05, 4.69) is 16.8 Å². The maximum absolute atomic E-state index is 12.6. The van der Waals surface area contributed by atoms with Crippen molar-refractivity contribution in [2.45, 2.75) is 45.7 Å². The van der Waals surface area contributed by atoms with Crippen LogP contribution in [-0.2, 0) is 11.3 Å². The zero-order chi connectivity index (χ0) is 18.3. The van der Waals surface area contributed by atoms with E-state index in [1.54, 1.807) is 24.5 Å². The lowest BCUT2D eigenvalue weighted by molar-refractivity contribution is -0.130. The Morgan fingerprint density at radius 1 is 1.35 bits per heavy atom. The van der Waals surface area contributed by atoms with Crippen LogP contribution in [0, 0.1) is 12.3 Å². The van der Waals surface area contributed by atoms with Crippen molar-refractivity contribution in [3.05, 3.63) is 46.0 Å². The summed E-state index contributed by atoms with van der Waals surface area (Å²) < 4.78 is 5.35. The van der Waals surface area contributed by atoms with Crippen LogP contribution in [0.1, 0.15) is 47.9 Å². The Hall–Kier alpha value is -2.08. The number of likely N-dealkylation sites (tertiary alicyclic amines) is 1. The van der Waals surface area contributed by atoms with E-state index in [9.17, 15) is 9.59 Å². The topological polar surface area (TPSA) is 53.8 Å². The van der Waals surface area contributed by atoms with Gasteiger partial charge in [-0.25, -0.2) is 0 Å². The summed E-state index contributed by atoms with van der Waals surface area (Å²) in [4.78, 5) is 28.7. The average molecular weight is 372 g/mol. The standard InChI is InChI=1S/C20H24N2O3S/c1-14-3-9-25-18(14)19(24)21-7-5-20(6-8-21)11-17(20)22(15(2)23)12-16-4-10-26-13-16/h3-4,9-10,13,17H,5-8,11-12H2,1-2H3/t17-/m0/s1. The maximum Gasteiger partial charge on any atom is 0.289 e. The van der Waals surface area contributed by atoms with Gasteiger partial charge in [0.15, 0.2) is 5.76 Å². The monoisotopic (exact) mass is 372 g/mol. The van der Waals surface area contributed by atoms with Gasteiger partial charge in [0.1, 0.15) is 0 Å². The maximum atomic E-state index is 12.6. The van der Waals surface area contributed by atoms with Crippen LogP contribution in [-0.4, -0.2) is 40.7 Å². The number of piperidine rings is 1. The molecule has 0 unspecified atom stereocenters. The Morgan fingerprint density at radius 3 is 2.69 bits per heavy atom. The van der Waals surface area contributed by atoms with Gasteiger partial charge >= 0.3 is 0 Å². The van der Waals surface area contributed by atoms with Gasteiger partial charge in [-0.2, -0.15) is 11.3 Å². The van der Waals surface area contributed by atoms with E-state index >= 15 is 0 Å². The highest BCUT2D eigenvalue weighted by Crippen LogP contribution is 2.57. The molecule has 0 radical (unpaired) electrons. The lowest BCUT2D eigenvalue weighted by Gasteiger charge is -2.34. The number of hydrogen-bond acceptors (Lipinski definition) is 4. The molecule has 0 aromatic carbocycles. The third-order valence-electron chi connectivity index (χ3n) is 5.96. The van der Waals surface area contributed by atoms with Crippen molar-refractivity contribution in [3.8, 4) is 0 Å². The Labute approximate surface area is 157 Å². The summed E-state index contributed by atoms with van der Waals surface area (Å²) in [7, 11) is 0. The number of hydrogen-bond donors (Lipinski definition) is 0. The zero-order valence-corrected chi connectivity index (χ0v) is 16.1. The number of rotatable bonds is 4. The van der Waals surface area contributed by atoms with Crippen molar-refractivity contribution in [2.75, 3.05) is 13.1 Å². The summed E-state index contributed by atoms with van der Waals surface area (Å²) in [6.07, 6.45) is 4.53. The van der Waals surface area contributed by atoms with Gasteiger partial charge in [0.25, 0.3) is 5.91 Å². The van der Waals surface area contributed by atoms with Crippen molar-refractivity contribution >= 4 is 23.2 Å². The number of aryl methyl sites for hydroxylation is 1. The second-order valence-corrected chi connectivity index (χ2v) is 8.37. The molecule has 2 amide bonds. The Bertz CT molecular complexity index is 803. The molecular formula is C20H24N2O3S. The number of carbonyl (C=O) groups is 2. The number of thiophene rings is 1. The van der Waals surface area contributed by atoms with Crippen molar-refractivity contribution in [1.29, 1.82) is 0 Å². The Morgan fingerprint density at radius 2 is 2.12 bits per heavy atom. The number of amides is 2. The molecule has 0 N–H and O–H groups in total. The third-order valence-corrected chi connectivity index (χ3v) is 6.70. The first kappa shape index (κ1) is 17.3. The van der Waals surface area contributed by atoms with Crippen molar-refractivity contribution in [3.63, 3.8) is 0 Å². The summed E-state index contributed by atoms with van der Waals surface area (Å²) in [5, 5.41) is 4.16. The summed E-state index contributed by atoms with van der Waals surface area (Å²) >= 11 is 1.66. The minimum absolute atomic E-state index is 0.0127. The molecule has 6 heteroatoms. The van der Waals surface area contributed by atoms with E-state index in [0.29, 0.717) is 18.3 Å². The van der Waals surface area contributed by atoms with Gasteiger partial charge < -0.3 is 14.2 Å². The van der Waals surface area contributed by atoms with Crippen LogP contribution in [0.5, 0.6) is 0 Å². The van der Waals surface area contributed by atoms with Gasteiger partial charge in [0.2, 0.25) is 5.91 Å². The predicted molar refractivity (Wildman–Crippen MR) is 100.0 cm³/mol. The molecule has 2 aromatic rings. The molecule has 138 valence electrons. The molecule has 1 spiro atoms. The van der Waals surface area contributed by atoms with E-state index in [4.69, 9.17) is 4.42 Å². The van der Waals surface area contributed by atoms with E-state index in [1.807, 2.05) is 22.8 Å². The highest BCUT2D eigenvalue weighted by Gasteiger charge is 2.58. The summed E-state index contributed by atoms with van der Waals surface area (Å²) in [5.41, 5.74) is 2.28. The van der Waals surface area contributed by atoms with Crippen LogP contribution >= 0.6 is 11.3 Å². The molecule has 4 rings (SSSR count). The molecule has 1 saturated heterocycles. The quantitative estimate of drug-likeness (QED) is 0.822. The first-order valence-electron chi connectivity index (χ1n) is 9.12. The highest BCUT2D eigenvalue weighted by atomic mass is 32.1. The molecule has 2 aromatic heterocycles. The molecule has 0 bridgehead atoms. The molecule has 2 aliphatic rings. The molecule has 26 heavy (non-hydrogen) atoms. The Kier molecular flexibility index (Phi) is 4.39. The van der Waals surface area contributed by atoms with Crippen LogP contribution in [0.3, 0.4) is 0 Å². The third kappa shape index (κ3) is 3.07. The van der Waals surface area contributed by atoms with Crippen LogP contribution < -0.4 is 0 Å². The lowest BCUT2D eigenvalue weighted by Crippen LogP contribution is -2.42. The van der Waals surface area contributed by atoms with Gasteiger partial charge in [0, 0.05) is 38.2 Å². The minimum atomic E-state index is -0.0127. The normalized spacial score (nSPS) is 21.0. The second-order valence-electron chi connectivity index (χ2n) is 7.59. The van der Waals surface area contributed by atoms with Gasteiger partial charge in [0.05, 0.1) is 6.26 Å². The first-order valence-corrected chi connectivity index (χ1v) is 10.1. The van der Waals surface area contributed by atoms with Crippen molar-refractivity contribution in [2.24, 2.45) is 5.41 Å². The average Bonchev–Trinajstić information content (AvgIpc) is 2.98. The van der Waals surface area contributed by atoms with Crippen LogP contribution in [0.15, 0.2) is 33.6 Å². The first-order chi connectivity index (χ1) is 12.5. The number of carbonyl (C=O) groups excluding carboxylic acids is 2. The molecule has 2 fully saturated rings. The molecular weight excluding hydrogens is 348 g/mol. The summed E-state index contributed by atoms with van der Waals surface area (Å²) in [5.74, 6) is 0.583. The molecule has 3 heterocycles. The van der Waals surface area contributed by atoms with E-state index < -0.39 is 0 Å². The largest absolute Gasteiger partial charge is 0.459 e. The number of furan rings is 1. The highest BCUT2D eigenvalue weighted by molar-refractivity contribution is 7.07. The van der Waals surface area contributed by atoms with Crippen LogP contribution in [0.25, 0.3) is 0 Å². The van der Waals surface area contributed by atoms with Crippen molar-refractivity contribution in [1.82, 2.24) is 9.80 Å². The van der Waals surface area contributed by atoms with Crippen LogP contribution in [0.2, 0.25) is 0 Å². The predicted octanol–water partition coefficient (Wildman–Crippen LogP) is 3.69. The number of nitrogens with zero attached hydrogens (tertiary/aromatic N) is 2. The lowest BCUT2D eigenvalue weighted by atomic mass is 9.92. The molecule has 1 aliphatic heterocycles. The molecule has 1 aliphatic carbocycles. The Balaban J connectivity index is 1.39. The smallest absolute Gasteiger partial charge is 0.289 e. The fraction of sp³-hybridized carbons (Fsp3) is 0.500. The molecule has 1 atom stereocenters. The second kappa shape index (κ2) is 6.58. The zero-order valence-electron chi connectivity index (χ0n) is 15.2. The van der Waals surface area contributed by atoms with E-state index in [-0.39, 0.29) is 17.2 Å². The van der Waals surface area contributed by atoms with Crippen molar-refractivity contribution < 1.29 is 14.0 Å². The molecule has 1 saturated carbocycles. The van der Waals surface area contributed by atoms with E-state index in [1.165, 1.54) is 5.56 Å². The summed E-state index contributed by atoms with van der Waals surface area (Å²) in [6, 6.07) is 4.22. The SMILES string of the molecule is CC(=O)N(Cc1ccsc1)[C@H]1CC12CCN(C(=O)c1occc1C)CC2. The van der Waals surface area contributed by atoms with Gasteiger partial charge in [-0.1, -0.05) is 0 Å². The summed E-state index contributed by atoms with van der Waals surface area (Å²) in [6.45, 7) is 5.73. The van der Waals surface area contributed by atoms with Crippen LogP contribution in [0.4, 0.5) is 0 Å². The molecule has 5 nitrogen and oxygen atoms in total. The van der Waals surface area contributed by atoms with Gasteiger partial charge in [-0.15, -0.1) is 0 Å². The fourth-order valence-electron chi connectivity index (χ4n) is 4.22. The fourth-order valence-corrected chi connectivity index (χ4v) is 4.87. The van der Waals surface area contributed by atoms with Gasteiger partial charge in [-0.3, -0.25) is 9.59 Å².